The van der Waals surface area contributed by atoms with Crippen molar-refractivity contribution in [2.45, 2.75) is 39.8 Å². The van der Waals surface area contributed by atoms with E-state index in [2.05, 4.69) is 10.6 Å². The van der Waals surface area contributed by atoms with E-state index in [1.807, 2.05) is 57.2 Å². The summed E-state index contributed by atoms with van der Waals surface area (Å²) in [7, 11) is 0. The van der Waals surface area contributed by atoms with Gasteiger partial charge in [-0.05, 0) is 45.0 Å². The molecule has 7 heteroatoms. The smallest absolute Gasteiger partial charge is 0.234 e. The van der Waals surface area contributed by atoms with Gasteiger partial charge in [0.15, 0.2) is 0 Å². The van der Waals surface area contributed by atoms with Gasteiger partial charge in [0.2, 0.25) is 11.8 Å². The number of aryl methyl sites for hydroxylation is 1. The summed E-state index contributed by atoms with van der Waals surface area (Å²) in [6.45, 7) is 6.88. The van der Waals surface area contributed by atoms with Crippen LogP contribution in [0, 0.1) is 6.92 Å². The van der Waals surface area contributed by atoms with Gasteiger partial charge in [-0.25, -0.2) is 0 Å². The third kappa shape index (κ3) is 6.16. The molecule has 0 aromatic heterocycles. The normalized spacial score (nSPS) is 14.6. The van der Waals surface area contributed by atoms with Crippen LogP contribution >= 0.6 is 11.8 Å². The zero-order valence-electron chi connectivity index (χ0n) is 17.6. The van der Waals surface area contributed by atoms with Gasteiger partial charge in [-0.15, -0.1) is 11.8 Å². The van der Waals surface area contributed by atoms with Crippen molar-refractivity contribution in [2.24, 2.45) is 0 Å². The highest BCUT2D eigenvalue weighted by molar-refractivity contribution is 8.00. The number of anilines is 1. The molecule has 2 N–H and O–H groups in total. The Morgan fingerprint density at radius 1 is 1.17 bits per heavy atom. The summed E-state index contributed by atoms with van der Waals surface area (Å²) < 4.78 is 11.6. The van der Waals surface area contributed by atoms with E-state index in [4.69, 9.17) is 9.47 Å². The summed E-state index contributed by atoms with van der Waals surface area (Å²) in [6.07, 6.45) is 1.02. The van der Waals surface area contributed by atoms with Crippen molar-refractivity contribution in [1.82, 2.24) is 5.32 Å². The van der Waals surface area contributed by atoms with Gasteiger partial charge in [0.1, 0.15) is 17.6 Å². The van der Waals surface area contributed by atoms with Gasteiger partial charge in [-0.1, -0.05) is 17.7 Å². The van der Waals surface area contributed by atoms with Crippen LogP contribution in [0.2, 0.25) is 0 Å². The lowest BCUT2D eigenvalue weighted by molar-refractivity contribution is -0.118. The summed E-state index contributed by atoms with van der Waals surface area (Å²) in [5, 5.41) is 5.73. The van der Waals surface area contributed by atoms with Gasteiger partial charge in [0, 0.05) is 29.8 Å². The van der Waals surface area contributed by atoms with E-state index in [1.54, 1.807) is 0 Å². The van der Waals surface area contributed by atoms with Crippen molar-refractivity contribution in [1.29, 1.82) is 0 Å². The second kappa shape index (κ2) is 10.4. The number of carbonyl (C=O) groups excluding carboxylic acids is 2. The summed E-state index contributed by atoms with van der Waals surface area (Å²) in [5.74, 6) is 1.82. The molecule has 160 valence electrons. The number of fused-ring (bicyclic) bond motifs is 1. The SMILES string of the molecule is CCOc1cc2c(cc1CNC(=O)CSCC(=O)Nc1ccc(C)cc1)OC(C)C2. The maximum Gasteiger partial charge on any atom is 0.234 e. The fraction of sp³-hybridized carbons (Fsp3) is 0.391. The zero-order valence-corrected chi connectivity index (χ0v) is 18.4. The number of thioether (sulfide) groups is 1. The van der Waals surface area contributed by atoms with Gasteiger partial charge in [-0.2, -0.15) is 0 Å². The summed E-state index contributed by atoms with van der Waals surface area (Å²) in [4.78, 5) is 24.2. The van der Waals surface area contributed by atoms with E-state index in [9.17, 15) is 9.59 Å². The summed E-state index contributed by atoms with van der Waals surface area (Å²) >= 11 is 1.28. The molecule has 0 spiro atoms. The molecule has 3 rings (SSSR count). The quantitative estimate of drug-likeness (QED) is 0.637. The van der Waals surface area contributed by atoms with Crippen LogP contribution < -0.4 is 20.1 Å². The van der Waals surface area contributed by atoms with Crippen LogP contribution in [0.15, 0.2) is 36.4 Å². The lowest BCUT2D eigenvalue weighted by atomic mass is 10.1. The molecule has 2 aromatic carbocycles. The summed E-state index contributed by atoms with van der Waals surface area (Å²) in [6, 6.07) is 11.6. The standard InChI is InChI=1S/C23H28N2O4S/c1-4-28-20-10-17-9-16(3)29-21(17)11-18(20)12-24-22(26)13-30-14-23(27)25-19-7-5-15(2)6-8-19/h5-8,10-11,16H,4,9,12-14H2,1-3H3,(H,24,26)(H,25,27). The van der Waals surface area contributed by atoms with E-state index in [0.29, 0.717) is 13.2 Å². The molecule has 0 bridgehead atoms. The van der Waals surface area contributed by atoms with E-state index in [1.165, 1.54) is 11.8 Å². The molecule has 30 heavy (non-hydrogen) atoms. The molecular formula is C23H28N2O4S. The van der Waals surface area contributed by atoms with Crippen molar-refractivity contribution in [2.75, 3.05) is 23.4 Å². The van der Waals surface area contributed by atoms with E-state index >= 15 is 0 Å². The lowest BCUT2D eigenvalue weighted by Gasteiger charge is -2.13. The highest BCUT2D eigenvalue weighted by atomic mass is 32.2. The Labute approximate surface area is 181 Å². The maximum atomic E-state index is 12.2. The molecule has 1 heterocycles. The molecule has 2 aromatic rings. The third-order valence-corrected chi connectivity index (χ3v) is 5.59. The van der Waals surface area contributed by atoms with Crippen molar-refractivity contribution >= 4 is 29.3 Å². The van der Waals surface area contributed by atoms with Crippen LogP contribution in [-0.4, -0.2) is 36.0 Å². The molecule has 0 saturated heterocycles. The van der Waals surface area contributed by atoms with E-state index in [0.717, 1.165) is 40.3 Å². The third-order valence-electron chi connectivity index (χ3n) is 4.66. The van der Waals surface area contributed by atoms with Crippen molar-refractivity contribution in [3.63, 3.8) is 0 Å². The second-order valence-corrected chi connectivity index (χ2v) is 8.30. The molecule has 1 unspecified atom stereocenters. The fourth-order valence-corrected chi connectivity index (χ4v) is 3.87. The van der Waals surface area contributed by atoms with Gasteiger partial charge in [0.25, 0.3) is 0 Å². The van der Waals surface area contributed by atoms with Gasteiger partial charge < -0.3 is 20.1 Å². The first-order valence-electron chi connectivity index (χ1n) is 10.1. The van der Waals surface area contributed by atoms with Crippen LogP contribution in [0.1, 0.15) is 30.5 Å². The minimum atomic E-state index is -0.125. The maximum absolute atomic E-state index is 12.2. The van der Waals surface area contributed by atoms with Crippen LogP contribution in [0.25, 0.3) is 0 Å². The number of ether oxygens (including phenoxy) is 2. The average Bonchev–Trinajstić information content (AvgIpc) is 3.07. The van der Waals surface area contributed by atoms with Crippen molar-refractivity contribution in [3.8, 4) is 11.5 Å². The number of nitrogens with one attached hydrogen (secondary N) is 2. The predicted molar refractivity (Wildman–Crippen MR) is 120 cm³/mol. The molecule has 0 aliphatic carbocycles. The van der Waals surface area contributed by atoms with Crippen LogP contribution in [0.5, 0.6) is 11.5 Å². The number of benzene rings is 2. The molecule has 0 saturated carbocycles. The second-order valence-electron chi connectivity index (χ2n) is 7.32. The first-order chi connectivity index (χ1) is 14.4. The highest BCUT2D eigenvalue weighted by Crippen LogP contribution is 2.35. The van der Waals surface area contributed by atoms with Gasteiger partial charge in [0.05, 0.1) is 18.1 Å². The molecule has 1 atom stereocenters. The van der Waals surface area contributed by atoms with Crippen LogP contribution in [0.4, 0.5) is 5.69 Å². The minimum absolute atomic E-state index is 0.125. The van der Waals surface area contributed by atoms with Gasteiger partial charge >= 0.3 is 0 Å². The summed E-state index contributed by atoms with van der Waals surface area (Å²) in [5.41, 5.74) is 3.92. The Morgan fingerprint density at radius 2 is 1.90 bits per heavy atom. The van der Waals surface area contributed by atoms with E-state index in [-0.39, 0.29) is 29.4 Å². The number of rotatable bonds is 9. The number of carbonyl (C=O) groups is 2. The Morgan fingerprint density at radius 3 is 2.63 bits per heavy atom. The molecule has 2 amide bonds. The van der Waals surface area contributed by atoms with E-state index < -0.39 is 0 Å². The first-order valence-corrected chi connectivity index (χ1v) is 11.3. The molecule has 6 nitrogen and oxygen atoms in total. The van der Waals surface area contributed by atoms with Crippen molar-refractivity contribution in [3.05, 3.63) is 53.1 Å². The minimum Gasteiger partial charge on any atom is -0.494 e. The Balaban J connectivity index is 1.45. The number of hydrogen-bond donors (Lipinski definition) is 2. The van der Waals surface area contributed by atoms with Crippen LogP contribution in [-0.2, 0) is 22.6 Å². The lowest BCUT2D eigenvalue weighted by Crippen LogP contribution is -2.26. The zero-order chi connectivity index (χ0) is 21.5. The number of amides is 2. The Bertz CT molecular complexity index is 899. The largest absolute Gasteiger partial charge is 0.494 e. The fourth-order valence-electron chi connectivity index (χ4n) is 3.22. The van der Waals surface area contributed by atoms with Gasteiger partial charge in [-0.3, -0.25) is 9.59 Å². The molecule has 1 aliphatic rings. The molecule has 0 radical (unpaired) electrons. The monoisotopic (exact) mass is 428 g/mol. The topological polar surface area (TPSA) is 76.7 Å². The number of hydrogen-bond acceptors (Lipinski definition) is 5. The first kappa shape index (κ1) is 22.0. The Kier molecular flexibility index (Phi) is 7.63. The Hall–Kier alpha value is -2.67. The van der Waals surface area contributed by atoms with Crippen molar-refractivity contribution < 1.29 is 19.1 Å². The molecular weight excluding hydrogens is 400 g/mol. The predicted octanol–water partition coefficient (Wildman–Crippen LogP) is 3.71. The highest BCUT2D eigenvalue weighted by Gasteiger charge is 2.22. The molecule has 0 fully saturated rings. The molecule has 1 aliphatic heterocycles. The average molecular weight is 429 g/mol. The van der Waals surface area contributed by atoms with Crippen LogP contribution in [0.3, 0.4) is 0 Å².